The van der Waals surface area contributed by atoms with Gasteiger partial charge in [-0.15, -0.1) is 24.0 Å². The molecule has 172 valence electrons. The van der Waals surface area contributed by atoms with Crippen molar-refractivity contribution in [3.05, 3.63) is 47.7 Å². The van der Waals surface area contributed by atoms with Gasteiger partial charge >= 0.3 is 6.18 Å². The second-order valence-electron chi connectivity index (χ2n) is 6.19. The molecule has 0 bridgehead atoms. The van der Waals surface area contributed by atoms with Crippen LogP contribution in [0, 0.1) is 0 Å². The summed E-state index contributed by atoms with van der Waals surface area (Å²) in [7, 11) is 4.80. The third-order valence-electron chi connectivity index (χ3n) is 4.20. The van der Waals surface area contributed by atoms with Gasteiger partial charge < -0.3 is 25.4 Å². The van der Waals surface area contributed by atoms with Gasteiger partial charge in [-0.3, -0.25) is 4.99 Å². The number of hydrogen-bond acceptors (Lipinski definition) is 5. The summed E-state index contributed by atoms with van der Waals surface area (Å²) in [6, 6.07) is 7.97. The van der Waals surface area contributed by atoms with E-state index in [2.05, 4.69) is 25.9 Å². The third-order valence-corrected chi connectivity index (χ3v) is 4.20. The molecule has 1 heterocycles. The van der Waals surface area contributed by atoms with Crippen LogP contribution < -0.4 is 25.4 Å². The predicted octanol–water partition coefficient (Wildman–Crippen LogP) is 3.56. The van der Waals surface area contributed by atoms with E-state index in [-0.39, 0.29) is 36.3 Å². The van der Waals surface area contributed by atoms with E-state index in [1.54, 1.807) is 21.3 Å². The van der Waals surface area contributed by atoms with Crippen LogP contribution in [-0.2, 0) is 12.6 Å². The fourth-order valence-corrected chi connectivity index (χ4v) is 2.72. The second kappa shape index (κ2) is 13.1. The van der Waals surface area contributed by atoms with Crippen LogP contribution in [0.4, 0.5) is 19.0 Å². The lowest BCUT2D eigenvalue weighted by atomic mass is 10.1. The van der Waals surface area contributed by atoms with Crippen LogP contribution in [0.2, 0.25) is 0 Å². The number of methoxy groups -OCH3 is 2. The highest BCUT2D eigenvalue weighted by Crippen LogP contribution is 2.33. The summed E-state index contributed by atoms with van der Waals surface area (Å²) in [5.41, 5.74) is 0.273. The molecule has 2 rings (SSSR count). The first-order valence-corrected chi connectivity index (χ1v) is 9.30. The number of hydrogen-bond donors (Lipinski definition) is 3. The average Bonchev–Trinajstić information content (AvgIpc) is 2.74. The Balaban J connectivity index is 0.00000480. The highest BCUT2D eigenvalue weighted by molar-refractivity contribution is 14.0. The molecular formula is C20H27F3IN5O2. The molecule has 31 heavy (non-hydrogen) atoms. The Morgan fingerprint density at radius 1 is 1.03 bits per heavy atom. The number of guanidine groups is 1. The van der Waals surface area contributed by atoms with Crippen LogP contribution in [0.3, 0.4) is 0 Å². The Kier molecular flexibility index (Phi) is 11.2. The van der Waals surface area contributed by atoms with E-state index < -0.39 is 11.7 Å². The lowest BCUT2D eigenvalue weighted by molar-refractivity contribution is -0.137. The van der Waals surface area contributed by atoms with Crippen molar-refractivity contribution >= 4 is 35.8 Å². The van der Waals surface area contributed by atoms with Crippen molar-refractivity contribution in [2.45, 2.75) is 12.6 Å². The molecule has 0 saturated heterocycles. The van der Waals surface area contributed by atoms with Crippen LogP contribution in [0.5, 0.6) is 11.5 Å². The van der Waals surface area contributed by atoms with Gasteiger partial charge in [0.05, 0.1) is 19.8 Å². The molecule has 0 aliphatic heterocycles. The van der Waals surface area contributed by atoms with Crippen LogP contribution in [0.1, 0.15) is 11.1 Å². The molecule has 0 radical (unpaired) electrons. The molecule has 3 N–H and O–H groups in total. The molecule has 1 aromatic heterocycles. The number of anilines is 1. The normalized spacial score (nSPS) is 11.4. The first-order chi connectivity index (χ1) is 14.4. The summed E-state index contributed by atoms with van der Waals surface area (Å²) >= 11 is 0. The van der Waals surface area contributed by atoms with Gasteiger partial charge in [0.15, 0.2) is 17.5 Å². The van der Waals surface area contributed by atoms with Gasteiger partial charge in [-0.1, -0.05) is 6.07 Å². The summed E-state index contributed by atoms with van der Waals surface area (Å²) in [6.07, 6.45) is -2.41. The van der Waals surface area contributed by atoms with Gasteiger partial charge in [-0.25, -0.2) is 4.98 Å². The van der Waals surface area contributed by atoms with E-state index >= 15 is 0 Å². The first kappa shape index (κ1) is 26.6. The number of halogens is 4. The molecule has 7 nitrogen and oxygen atoms in total. The maximum atomic E-state index is 13.0. The van der Waals surface area contributed by atoms with Crippen molar-refractivity contribution in [3.63, 3.8) is 0 Å². The fraction of sp³-hybridized carbons (Fsp3) is 0.400. The standard InChI is InChI=1S/C20H26F3N5O2.HI/c1-24-19(27-10-8-14-6-7-16(29-2)17(13-14)30-3)28-12-11-26-18-15(20(21,22)23)5-4-9-25-18;/h4-7,9,13H,8,10-12H2,1-3H3,(H,25,26)(H2,24,27,28);1H. The number of rotatable bonds is 9. The van der Waals surface area contributed by atoms with E-state index in [4.69, 9.17) is 9.47 Å². The van der Waals surface area contributed by atoms with Crippen LogP contribution >= 0.6 is 24.0 Å². The zero-order chi connectivity index (χ0) is 22.0. The van der Waals surface area contributed by atoms with E-state index in [1.165, 1.54) is 12.3 Å². The summed E-state index contributed by atoms with van der Waals surface area (Å²) < 4.78 is 49.4. The molecule has 0 amide bonds. The third kappa shape index (κ3) is 8.31. The second-order valence-corrected chi connectivity index (χ2v) is 6.19. The molecular weight excluding hydrogens is 526 g/mol. The summed E-state index contributed by atoms with van der Waals surface area (Å²) in [6.45, 7) is 1.22. The highest BCUT2D eigenvalue weighted by atomic mass is 127. The van der Waals surface area contributed by atoms with Crippen molar-refractivity contribution in [1.82, 2.24) is 15.6 Å². The van der Waals surface area contributed by atoms with Gasteiger partial charge in [-0.2, -0.15) is 13.2 Å². The Labute approximate surface area is 196 Å². The van der Waals surface area contributed by atoms with Gasteiger partial charge in [-0.05, 0) is 36.2 Å². The zero-order valence-corrected chi connectivity index (χ0v) is 19.9. The molecule has 0 atom stereocenters. The Hall–Kier alpha value is -2.44. The number of ether oxygens (including phenoxy) is 2. The highest BCUT2D eigenvalue weighted by Gasteiger charge is 2.33. The SMILES string of the molecule is CN=C(NCCNc1ncccc1C(F)(F)F)NCCc1ccc(OC)c(OC)c1.I. The summed E-state index contributed by atoms with van der Waals surface area (Å²) in [5, 5.41) is 8.91. The van der Waals surface area contributed by atoms with Gasteiger partial charge in [0, 0.05) is 32.9 Å². The number of aromatic nitrogens is 1. The Morgan fingerprint density at radius 2 is 1.74 bits per heavy atom. The first-order valence-electron chi connectivity index (χ1n) is 9.30. The predicted molar refractivity (Wildman–Crippen MR) is 126 cm³/mol. The summed E-state index contributed by atoms with van der Waals surface area (Å²) in [5.74, 6) is 1.69. The van der Waals surface area contributed by atoms with Crippen LogP contribution in [0.15, 0.2) is 41.5 Å². The molecule has 11 heteroatoms. The minimum atomic E-state index is -4.45. The Morgan fingerprint density at radius 3 is 2.39 bits per heavy atom. The molecule has 0 saturated carbocycles. The molecule has 2 aromatic rings. The van der Waals surface area contributed by atoms with Gasteiger partial charge in [0.25, 0.3) is 0 Å². The number of aliphatic imine (C=N–C) groups is 1. The molecule has 0 aliphatic carbocycles. The van der Waals surface area contributed by atoms with Crippen LogP contribution in [0.25, 0.3) is 0 Å². The number of pyridine rings is 1. The van der Waals surface area contributed by atoms with Crippen molar-refractivity contribution in [2.24, 2.45) is 4.99 Å². The fourth-order valence-electron chi connectivity index (χ4n) is 2.72. The maximum Gasteiger partial charge on any atom is 0.419 e. The van der Waals surface area contributed by atoms with E-state index in [1.807, 2.05) is 18.2 Å². The van der Waals surface area contributed by atoms with Gasteiger partial charge in [0.2, 0.25) is 0 Å². The summed E-state index contributed by atoms with van der Waals surface area (Å²) in [4.78, 5) is 7.88. The van der Waals surface area contributed by atoms with E-state index in [0.717, 1.165) is 18.1 Å². The molecule has 0 fully saturated rings. The van der Waals surface area contributed by atoms with Crippen LogP contribution in [-0.4, -0.2) is 51.8 Å². The molecule has 0 unspecified atom stereocenters. The average molecular weight is 553 g/mol. The molecule has 0 spiro atoms. The monoisotopic (exact) mass is 553 g/mol. The van der Waals surface area contributed by atoms with E-state index in [9.17, 15) is 13.2 Å². The minimum absolute atomic E-state index is 0. The lowest BCUT2D eigenvalue weighted by Gasteiger charge is -2.15. The molecule has 1 aromatic carbocycles. The topological polar surface area (TPSA) is 79.8 Å². The zero-order valence-electron chi connectivity index (χ0n) is 17.5. The van der Waals surface area contributed by atoms with Crippen molar-refractivity contribution < 1.29 is 22.6 Å². The maximum absolute atomic E-state index is 13.0. The van der Waals surface area contributed by atoms with Gasteiger partial charge in [0.1, 0.15) is 5.82 Å². The van der Waals surface area contributed by atoms with Crippen molar-refractivity contribution in [2.75, 3.05) is 46.2 Å². The number of nitrogens with one attached hydrogen (secondary N) is 3. The molecule has 0 aliphatic rings. The quantitative estimate of drug-likeness (QED) is 0.191. The van der Waals surface area contributed by atoms with Crippen molar-refractivity contribution in [1.29, 1.82) is 0 Å². The van der Waals surface area contributed by atoms with E-state index in [0.29, 0.717) is 30.5 Å². The lowest BCUT2D eigenvalue weighted by Crippen LogP contribution is -2.40. The Bertz CT molecular complexity index is 850. The number of benzene rings is 1. The van der Waals surface area contributed by atoms with Crippen molar-refractivity contribution in [3.8, 4) is 11.5 Å². The number of alkyl halides is 3. The number of nitrogens with zero attached hydrogens (tertiary/aromatic N) is 2. The minimum Gasteiger partial charge on any atom is -0.493 e. The largest absolute Gasteiger partial charge is 0.493 e. The smallest absolute Gasteiger partial charge is 0.419 e.